The van der Waals surface area contributed by atoms with Crippen LogP contribution in [0, 0.1) is 0 Å². The lowest BCUT2D eigenvalue weighted by Crippen LogP contribution is -2.19. The number of carbonyl (C=O) groups excluding carboxylic acids is 1. The van der Waals surface area contributed by atoms with Crippen LogP contribution in [0.3, 0.4) is 0 Å². The first-order valence-electron chi connectivity index (χ1n) is 8.57. The van der Waals surface area contributed by atoms with E-state index in [-0.39, 0.29) is 17.9 Å². The quantitative estimate of drug-likeness (QED) is 0.744. The van der Waals surface area contributed by atoms with E-state index < -0.39 is 0 Å². The number of hydrogen-bond donors (Lipinski definition) is 2. The highest BCUT2D eigenvalue weighted by Gasteiger charge is 2.24. The molecule has 7 heteroatoms. The molecule has 0 saturated heterocycles. The monoisotopic (exact) mass is 361 g/mol. The van der Waals surface area contributed by atoms with E-state index in [0.29, 0.717) is 17.3 Å². The molecule has 2 heterocycles. The van der Waals surface area contributed by atoms with E-state index in [2.05, 4.69) is 26.8 Å². The Morgan fingerprint density at radius 3 is 2.67 bits per heavy atom. The maximum absolute atomic E-state index is 12.6. The largest absolute Gasteiger partial charge is 0.496 e. The smallest absolute Gasteiger partial charge is 0.261 e. The summed E-state index contributed by atoms with van der Waals surface area (Å²) in [5.74, 6) is 0.990. The van der Waals surface area contributed by atoms with Crippen molar-refractivity contribution in [2.24, 2.45) is 0 Å². The first kappa shape index (κ1) is 16.8. The first-order chi connectivity index (χ1) is 13.2. The fourth-order valence-corrected chi connectivity index (χ4v) is 3.07. The van der Waals surface area contributed by atoms with Crippen LogP contribution in [0.4, 0.5) is 11.9 Å². The van der Waals surface area contributed by atoms with Gasteiger partial charge in [0.05, 0.1) is 12.7 Å². The van der Waals surface area contributed by atoms with Gasteiger partial charge in [0, 0.05) is 5.70 Å². The van der Waals surface area contributed by atoms with Crippen molar-refractivity contribution < 1.29 is 9.53 Å². The van der Waals surface area contributed by atoms with Crippen LogP contribution in [0.5, 0.6) is 5.75 Å². The van der Waals surface area contributed by atoms with Crippen LogP contribution < -0.4 is 15.4 Å². The number of amides is 1. The van der Waals surface area contributed by atoms with E-state index in [9.17, 15) is 4.79 Å². The molecule has 0 spiro atoms. The molecule has 27 heavy (non-hydrogen) atoms. The Morgan fingerprint density at radius 1 is 1.15 bits per heavy atom. The van der Waals surface area contributed by atoms with E-state index in [1.54, 1.807) is 22.9 Å². The minimum absolute atomic E-state index is 0.0909. The van der Waals surface area contributed by atoms with Gasteiger partial charge in [0.15, 0.2) is 0 Å². The average Bonchev–Trinajstić information content (AvgIpc) is 3.09. The lowest BCUT2D eigenvalue weighted by atomic mass is 10.1. The molecule has 136 valence electrons. The molecule has 3 aromatic rings. The second kappa shape index (κ2) is 6.95. The topological polar surface area (TPSA) is 81.1 Å². The van der Waals surface area contributed by atoms with Crippen LogP contribution >= 0.6 is 0 Å². The maximum Gasteiger partial charge on any atom is 0.261 e. The summed E-state index contributed by atoms with van der Waals surface area (Å²) in [5, 5.41) is 10.4. The molecule has 1 aromatic heterocycles. The number of nitrogens with one attached hydrogen (secondary N) is 2. The molecule has 2 N–H and O–H groups in total. The van der Waals surface area contributed by atoms with Crippen molar-refractivity contribution in [2.45, 2.75) is 13.0 Å². The maximum atomic E-state index is 12.6. The molecule has 1 amide bonds. The summed E-state index contributed by atoms with van der Waals surface area (Å²) in [7, 11) is 1.53. The lowest BCUT2D eigenvalue weighted by Gasteiger charge is -2.22. The van der Waals surface area contributed by atoms with Gasteiger partial charge in [-0.2, -0.15) is 4.98 Å². The van der Waals surface area contributed by atoms with Crippen molar-refractivity contribution in [2.75, 3.05) is 17.7 Å². The van der Waals surface area contributed by atoms with Crippen LogP contribution in [0.25, 0.3) is 0 Å². The van der Waals surface area contributed by atoms with Gasteiger partial charge in [-0.1, -0.05) is 42.5 Å². The van der Waals surface area contributed by atoms with E-state index in [4.69, 9.17) is 4.74 Å². The summed E-state index contributed by atoms with van der Waals surface area (Å²) in [6.45, 7) is 1.97. The number of para-hydroxylation sites is 1. The zero-order valence-corrected chi connectivity index (χ0v) is 15.0. The van der Waals surface area contributed by atoms with E-state index in [1.165, 1.54) is 7.11 Å². The van der Waals surface area contributed by atoms with Gasteiger partial charge >= 0.3 is 0 Å². The summed E-state index contributed by atoms with van der Waals surface area (Å²) >= 11 is 0. The lowest BCUT2D eigenvalue weighted by molar-refractivity contribution is 0.102. The minimum Gasteiger partial charge on any atom is -0.496 e. The van der Waals surface area contributed by atoms with Crippen molar-refractivity contribution in [3.63, 3.8) is 0 Å². The summed E-state index contributed by atoms with van der Waals surface area (Å²) < 4.78 is 7.01. The van der Waals surface area contributed by atoms with Gasteiger partial charge < -0.3 is 10.1 Å². The summed E-state index contributed by atoms with van der Waals surface area (Å²) in [4.78, 5) is 17.0. The van der Waals surface area contributed by atoms with E-state index in [0.717, 1.165) is 11.3 Å². The molecule has 1 aliphatic heterocycles. The number of allylic oxidation sites excluding steroid dienone is 2. The third-order valence-electron chi connectivity index (χ3n) is 4.33. The number of rotatable bonds is 4. The average molecular weight is 361 g/mol. The van der Waals surface area contributed by atoms with Crippen LogP contribution in [0.1, 0.15) is 28.9 Å². The molecule has 0 aliphatic carbocycles. The van der Waals surface area contributed by atoms with Gasteiger partial charge in [-0.25, -0.2) is 4.68 Å². The predicted octanol–water partition coefficient (Wildman–Crippen LogP) is 3.46. The number of benzene rings is 2. The number of anilines is 2. The zero-order valence-electron chi connectivity index (χ0n) is 15.0. The minimum atomic E-state index is -0.323. The number of aromatic nitrogens is 3. The van der Waals surface area contributed by atoms with Gasteiger partial charge in [-0.3, -0.25) is 10.1 Å². The Balaban J connectivity index is 1.63. The fraction of sp³-hybridized carbons (Fsp3) is 0.150. The Labute approximate surface area is 156 Å². The second-order valence-corrected chi connectivity index (χ2v) is 6.19. The number of fused-ring (bicyclic) bond motifs is 1. The van der Waals surface area contributed by atoms with Crippen molar-refractivity contribution >= 4 is 17.8 Å². The standard InChI is InChI=1S/C20H19N5O2/c1-13-12-16(14-8-4-3-5-9-14)25-20(21-13)23-19(24-25)22-18(26)15-10-6-7-11-17(15)27-2/h3-12,16H,1-2H3,(H2,21,22,23,24,26)/t16-/m0/s1. The molecule has 0 radical (unpaired) electrons. The number of hydrogen-bond acceptors (Lipinski definition) is 5. The highest BCUT2D eigenvalue weighted by atomic mass is 16.5. The summed E-state index contributed by atoms with van der Waals surface area (Å²) in [5.41, 5.74) is 2.49. The van der Waals surface area contributed by atoms with Crippen molar-refractivity contribution in [3.8, 4) is 5.75 Å². The van der Waals surface area contributed by atoms with Gasteiger partial charge in [0.25, 0.3) is 11.9 Å². The Bertz CT molecular complexity index is 1010. The SMILES string of the molecule is COc1ccccc1C(=O)Nc1nc2n(n1)[C@H](c1ccccc1)C=C(C)N2. The van der Waals surface area contributed by atoms with Gasteiger partial charge in [-0.15, -0.1) is 5.10 Å². The van der Waals surface area contributed by atoms with Crippen LogP contribution in [0.15, 0.2) is 66.4 Å². The third kappa shape index (κ3) is 3.27. The van der Waals surface area contributed by atoms with Crippen LogP contribution in [0.2, 0.25) is 0 Å². The van der Waals surface area contributed by atoms with Gasteiger partial charge in [0.1, 0.15) is 11.8 Å². The Hall–Kier alpha value is -3.61. The number of carbonyl (C=O) groups is 1. The highest BCUT2D eigenvalue weighted by Crippen LogP contribution is 2.29. The third-order valence-corrected chi connectivity index (χ3v) is 4.33. The summed E-state index contributed by atoms with van der Waals surface area (Å²) in [6, 6.07) is 17.0. The molecule has 1 aliphatic rings. The number of ether oxygens (including phenoxy) is 1. The second-order valence-electron chi connectivity index (χ2n) is 6.19. The Morgan fingerprint density at radius 2 is 1.89 bits per heavy atom. The van der Waals surface area contributed by atoms with Crippen molar-refractivity contribution in [1.82, 2.24) is 14.8 Å². The fourth-order valence-electron chi connectivity index (χ4n) is 3.07. The molecule has 0 unspecified atom stereocenters. The molecular formula is C20H19N5O2. The van der Waals surface area contributed by atoms with Crippen molar-refractivity contribution in [3.05, 3.63) is 77.5 Å². The van der Waals surface area contributed by atoms with Crippen molar-refractivity contribution in [1.29, 1.82) is 0 Å². The predicted molar refractivity (Wildman–Crippen MR) is 103 cm³/mol. The summed E-state index contributed by atoms with van der Waals surface area (Å²) in [6.07, 6.45) is 2.07. The van der Waals surface area contributed by atoms with Gasteiger partial charge in [-0.05, 0) is 30.7 Å². The van der Waals surface area contributed by atoms with E-state index >= 15 is 0 Å². The molecule has 1 atom stereocenters. The highest BCUT2D eigenvalue weighted by molar-refractivity contribution is 6.05. The number of nitrogens with zero attached hydrogens (tertiary/aromatic N) is 3. The van der Waals surface area contributed by atoms with Gasteiger partial charge in [0.2, 0.25) is 5.95 Å². The molecule has 2 aromatic carbocycles. The molecule has 0 fully saturated rings. The number of methoxy groups -OCH3 is 1. The molecule has 4 rings (SSSR count). The molecule has 7 nitrogen and oxygen atoms in total. The Kier molecular flexibility index (Phi) is 4.33. The van der Waals surface area contributed by atoms with Crippen LogP contribution in [-0.4, -0.2) is 27.8 Å². The zero-order chi connectivity index (χ0) is 18.8. The van der Waals surface area contributed by atoms with Crippen LogP contribution in [-0.2, 0) is 0 Å². The normalized spacial score (nSPS) is 15.3. The molecular weight excluding hydrogens is 342 g/mol. The van der Waals surface area contributed by atoms with E-state index in [1.807, 2.05) is 43.3 Å². The molecule has 0 saturated carbocycles. The molecule has 0 bridgehead atoms. The first-order valence-corrected chi connectivity index (χ1v) is 8.57.